The van der Waals surface area contributed by atoms with Crippen LogP contribution in [0.25, 0.3) is 0 Å². The van der Waals surface area contributed by atoms with Gasteiger partial charge < -0.3 is 11.1 Å². The lowest BCUT2D eigenvalue weighted by molar-refractivity contribution is -0.139. The molecule has 0 spiro atoms. The maximum absolute atomic E-state index is 11.4. The van der Waals surface area contributed by atoms with Crippen molar-refractivity contribution in [2.75, 3.05) is 6.54 Å². The minimum atomic E-state index is -1.04. The number of rotatable bonds is 2. The Labute approximate surface area is 76.4 Å². The average Bonchev–Trinajstić information content (AvgIpc) is 2.02. The molecule has 0 aromatic carbocycles. The van der Waals surface area contributed by atoms with Crippen molar-refractivity contribution in [2.24, 2.45) is 16.1 Å². The third kappa shape index (κ3) is 1.75. The molecule has 1 aliphatic rings. The van der Waals surface area contributed by atoms with Gasteiger partial charge in [-0.1, -0.05) is 0 Å². The highest BCUT2D eigenvalue weighted by Gasteiger charge is 2.39. The molecule has 0 unspecified atom stereocenters. The first-order valence-corrected chi connectivity index (χ1v) is 4.12. The Morgan fingerprint density at radius 1 is 1.46 bits per heavy atom. The van der Waals surface area contributed by atoms with Crippen LogP contribution in [0.2, 0.25) is 0 Å². The van der Waals surface area contributed by atoms with Gasteiger partial charge in [-0.3, -0.25) is 9.59 Å². The Morgan fingerprint density at radius 3 is 2.54 bits per heavy atom. The predicted octanol–water partition coefficient (Wildman–Crippen LogP) is -0.584. The molecule has 1 aliphatic heterocycles. The molecule has 0 aliphatic carbocycles. The lowest BCUT2D eigenvalue weighted by Gasteiger charge is -2.25. The summed E-state index contributed by atoms with van der Waals surface area (Å²) in [4.78, 5) is 26.4. The summed E-state index contributed by atoms with van der Waals surface area (Å²) in [6.07, 6.45) is 0.424. The summed E-state index contributed by atoms with van der Waals surface area (Å²) in [6, 6.07) is 0. The fourth-order valence-electron chi connectivity index (χ4n) is 0.930. The van der Waals surface area contributed by atoms with Crippen LogP contribution in [-0.2, 0) is 9.59 Å². The summed E-state index contributed by atoms with van der Waals surface area (Å²) < 4.78 is 0. The zero-order chi connectivity index (χ0) is 10.1. The Balaban J connectivity index is 2.89. The van der Waals surface area contributed by atoms with E-state index in [1.54, 1.807) is 13.8 Å². The molecule has 0 atom stereocenters. The van der Waals surface area contributed by atoms with Crippen LogP contribution in [0, 0.1) is 5.41 Å². The number of hydrogen-bond acceptors (Lipinski definition) is 3. The number of nitrogens with two attached hydrogens (primary N) is 1. The fraction of sp³-hybridized carbons (Fsp3) is 0.625. The number of hydrogen-bond donors (Lipinski definition) is 2. The van der Waals surface area contributed by atoms with Gasteiger partial charge >= 0.3 is 0 Å². The molecule has 3 N–H and O–H groups in total. The third-order valence-corrected chi connectivity index (χ3v) is 1.98. The number of aliphatic imine (C=N–C) groups is 1. The fourth-order valence-corrected chi connectivity index (χ4v) is 0.930. The van der Waals surface area contributed by atoms with Gasteiger partial charge in [-0.25, -0.2) is 0 Å². The van der Waals surface area contributed by atoms with Gasteiger partial charge in [-0.05, 0) is 20.4 Å². The molecule has 2 amide bonds. The molecule has 0 saturated carbocycles. The molecule has 72 valence electrons. The van der Waals surface area contributed by atoms with Crippen molar-refractivity contribution in [3.05, 3.63) is 0 Å². The smallest absolute Gasteiger partial charge is 0.262 e. The SMILES string of the molecule is CC1(C)C(=O)N=C(CCN)NC1=O. The number of amides is 2. The average molecular weight is 183 g/mol. The Morgan fingerprint density at radius 2 is 2.08 bits per heavy atom. The molecule has 13 heavy (non-hydrogen) atoms. The molecule has 1 rings (SSSR count). The monoisotopic (exact) mass is 183 g/mol. The molecule has 0 fully saturated rings. The zero-order valence-corrected chi connectivity index (χ0v) is 7.76. The highest BCUT2D eigenvalue weighted by atomic mass is 16.2. The van der Waals surface area contributed by atoms with Crippen molar-refractivity contribution in [1.82, 2.24) is 5.32 Å². The quantitative estimate of drug-likeness (QED) is 0.561. The second-order valence-electron chi connectivity index (χ2n) is 3.48. The van der Waals surface area contributed by atoms with E-state index in [0.29, 0.717) is 18.8 Å². The van der Waals surface area contributed by atoms with E-state index < -0.39 is 11.3 Å². The molecular weight excluding hydrogens is 170 g/mol. The second-order valence-corrected chi connectivity index (χ2v) is 3.48. The number of nitrogens with zero attached hydrogens (tertiary/aromatic N) is 1. The van der Waals surface area contributed by atoms with Crippen LogP contribution in [0.5, 0.6) is 0 Å². The minimum absolute atomic E-state index is 0.309. The van der Waals surface area contributed by atoms with E-state index >= 15 is 0 Å². The first-order valence-electron chi connectivity index (χ1n) is 4.12. The molecular formula is C8H13N3O2. The summed E-state index contributed by atoms with van der Waals surface area (Å²) in [6.45, 7) is 3.47. The van der Waals surface area contributed by atoms with E-state index in [-0.39, 0.29) is 5.91 Å². The maximum Gasteiger partial charge on any atom is 0.262 e. The number of carbonyl (C=O) groups excluding carboxylic acids is 2. The van der Waals surface area contributed by atoms with Crippen molar-refractivity contribution in [2.45, 2.75) is 20.3 Å². The molecule has 5 heteroatoms. The van der Waals surface area contributed by atoms with Crippen LogP contribution >= 0.6 is 0 Å². The lowest BCUT2D eigenvalue weighted by atomic mass is 9.90. The van der Waals surface area contributed by atoms with Crippen LogP contribution in [-0.4, -0.2) is 24.2 Å². The molecule has 0 bridgehead atoms. The molecule has 0 aromatic rings. The first-order chi connectivity index (χ1) is 5.98. The lowest BCUT2D eigenvalue weighted by Crippen LogP contribution is -2.49. The van der Waals surface area contributed by atoms with E-state index in [1.807, 2.05) is 0 Å². The van der Waals surface area contributed by atoms with Gasteiger partial charge in [0.2, 0.25) is 5.91 Å². The molecule has 5 nitrogen and oxygen atoms in total. The van der Waals surface area contributed by atoms with Crippen LogP contribution in [0.15, 0.2) is 4.99 Å². The van der Waals surface area contributed by atoms with Gasteiger partial charge in [-0.2, -0.15) is 4.99 Å². The van der Waals surface area contributed by atoms with Crippen molar-refractivity contribution in [1.29, 1.82) is 0 Å². The Kier molecular flexibility index (Phi) is 2.47. The van der Waals surface area contributed by atoms with Gasteiger partial charge in [0.05, 0.1) is 0 Å². The van der Waals surface area contributed by atoms with Crippen molar-refractivity contribution in [3.8, 4) is 0 Å². The van der Waals surface area contributed by atoms with Crippen LogP contribution in [0.4, 0.5) is 0 Å². The van der Waals surface area contributed by atoms with Crippen molar-refractivity contribution >= 4 is 17.6 Å². The molecule has 0 radical (unpaired) electrons. The summed E-state index contributed by atoms with van der Waals surface area (Å²) >= 11 is 0. The normalized spacial score (nSPS) is 21.0. The largest absolute Gasteiger partial charge is 0.330 e. The van der Waals surface area contributed by atoms with Crippen molar-refractivity contribution in [3.63, 3.8) is 0 Å². The van der Waals surface area contributed by atoms with E-state index in [9.17, 15) is 9.59 Å². The highest BCUT2D eigenvalue weighted by molar-refractivity contribution is 6.18. The van der Waals surface area contributed by atoms with Crippen molar-refractivity contribution < 1.29 is 9.59 Å². The predicted molar refractivity (Wildman–Crippen MR) is 48.0 cm³/mol. The number of nitrogens with one attached hydrogen (secondary N) is 1. The second kappa shape index (κ2) is 3.26. The molecule has 0 saturated heterocycles. The minimum Gasteiger partial charge on any atom is -0.330 e. The van der Waals surface area contributed by atoms with Crippen LogP contribution in [0.3, 0.4) is 0 Å². The van der Waals surface area contributed by atoms with Crippen LogP contribution in [0.1, 0.15) is 20.3 Å². The first kappa shape index (κ1) is 9.85. The topological polar surface area (TPSA) is 84.6 Å². The van der Waals surface area contributed by atoms with Gasteiger partial charge in [0.1, 0.15) is 11.3 Å². The highest BCUT2D eigenvalue weighted by Crippen LogP contribution is 2.20. The summed E-state index contributed by atoms with van der Waals surface area (Å²) in [5, 5.41) is 2.55. The number of amidine groups is 1. The Bertz CT molecular complexity index is 281. The van der Waals surface area contributed by atoms with Gasteiger partial charge in [-0.15, -0.1) is 0 Å². The van der Waals surface area contributed by atoms with E-state index in [1.165, 1.54) is 0 Å². The van der Waals surface area contributed by atoms with E-state index in [2.05, 4.69) is 10.3 Å². The number of carbonyl (C=O) groups is 2. The zero-order valence-electron chi connectivity index (χ0n) is 7.76. The van der Waals surface area contributed by atoms with Crippen LogP contribution < -0.4 is 11.1 Å². The standard InChI is InChI=1S/C8H13N3O2/c1-8(2)6(12)10-5(3-4-9)11-7(8)13/h3-4,9H2,1-2H3,(H,10,11,12,13). The van der Waals surface area contributed by atoms with Gasteiger partial charge in [0.25, 0.3) is 5.91 Å². The van der Waals surface area contributed by atoms with Gasteiger partial charge in [0.15, 0.2) is 0 Å². The van der Waals surface area contributed by atoms with E-state index in [4.69, 9.17) is 5.73 Å². The van der Waals surface area contributed by atoms with E-state index in [0.717, 1.165) is 0 Å². The maximum atomic E-state index is 11.4. The van der Waals surface area contributed by atoms with Gasteiger partial charge in [0, 0.05) is 6.42 Å². The summed E-state index contributed by atoms with van der Waals surface area (Å²) in [5.74, 6) is -0.340. The molecule has 1 heterocycles. The third-order valence-electron chi connectivity index (χ3n) is 1.98. The summed E-state index contributed by atoms with van der Waals surface area (Å²) in [5.41, 5.74) is 4.23. The molecule has 0 aromatic heterocycles. The Hall–Kier alpha value is -1.23. The summed E-state index contributed by atoms with van der Waals surface area (Å²) in [7, 11) is 0.